The van der Waals surface area contributed by atoms with E-state index in [1.165, 1.54) is 12.1 Å². The van der Waals surface area contributed by atoms with Gasteiger partial charge in [0.15, 0.2) is 0 Å². The molecule has 0 radical (unpaired) electrons. The van der Waals surface area contributed by atoms with Crippen LogP contribution in [-0.4, -0.2) is 9.78 Å². The van der Waals surface area contributed by atoms with Crippen molar-refractivity contribution in [3.8, 4) is 5.75 Å². The van der Waals surface area contributed by atoms with Gasteiger partial charge in [-0.15, -0.1) is 0 Å². The molecule has 0 aliphatic carbocycles. The fourth-order valence-electron chi connectivity index (χ4n) is 1.54. The van der Waals surface area contributed by atoms with Crippen LogP contribution in [-0.2, 0) is 13.7 Å². The third kappa shape index (κ3) is 2.85. The van der Waals surface area contributed by atoms with E-state index in [0.29, 0.717) is 12.4 Å². The van der Waals surface area contributed by atoms with Crippen molar-refractivity contribution in [2.75, 3.05) is 0 Å². The lowest BCUT2D eigenvalue weighted by molar-refractivity contribution is 0.291. The average molecular weight is 299 g/mol. The highest BCUT2D eigenvalue weighted by Crippen LogP contribution is 2.26. The molecule has 3 nitrogen and oxygen atoms in total. The van der Waals surface area contributed by atoms with E-state index in [2.05, 4.69) is 21.0 Å². The Morgan fingerprint density at radius 1 is 1.41 bits per heavy atom. The fraction of sp³-hybridized carbons (Fsp3) is 0.250. The summed E-state index contributed by atoms with van der Waals surface area (Å²) in [5.74, 6) is 0.174. The molecular formula is C12H12BrFN2O. The predicted molar refractivity (Wildman–Crippen MR) is 66.4 cm³/mol. The quantitative estimate of drug-likeness (QED) is 0.870. The first-order valence-corrected chi connectivity index (χ1v) is 5.93. The number of hydrogen-bond acceptors (Lipinski definition) is 2. The molecule has 0 spiro atoms. The number of rotatable bonds is 3. The summed E-state index contributed by atoms with van der Waals surface area (Å²) in [6, 6.07) is 6.30. The highest BCUT2D eigenvalue weighted by atomic mass is 79.9. The Morgan fingerprint density at radius 2 is 2.18 bits per heavy atom. The molecule has 1 aromatic heterocycles. The summed E-state index contributed by atoms with van der Waals surface area (Å²) in [6.45, 7) is 2.28. The van der Waals surface area contributed by atoms with Gasteiger partial charge in [0.05, 0.1) is 15.9 Å². The zero-order chi connectivity index (χ0) is 12.4. The van der Waals surface area contributed by atoms with Gasteiger partial charge in [-0.3, -0.25) is 4.68 Å². The smallest absolute Gasteiger partial charge is 0.136 e. The maximum atomic E-state index is 13.0. The van der Waals surface area contributed by atoms with Crippen LogP contribution >= 0.6 is 15.9 Å². The maximum absolute atomic E-state index is 13.0. The molecule has 2 aromatic rings. The third-order valence-electron chi connectivity index (χ3n) is 2.37. The van der Waals surface area contributed by atoms with Crippen LogP contribution in [0.3, 0.4) is 0 Å². The SMILES string of the molecule is Cc1cc(COc2cc(F)ccc2Br)n(C)n1. The summed E-state index contributed by atoms with van der Waals surface area (Å²) in [5.41, 5.74) is 1.88. The Bertz CT molecular complexity index is 539. The van der Waals surface area contributed by atoms with E-state index in [1.807, 2.05) is 20.0 Å². The summed E-state index contributed by atoms with van der Waals surface area (Å²) in [4.78, 5) is 0. The monoisotopic (exact) mass is 298 g/mol. The molecule has 0 saturated carbocycles. The van der Waals surface area contributed by atoms with Crippen molar-refractivity contribution in [3.63, 3.8) is 0 Å². The van der Waals surface area contributed by atoms with Crippen molar-refractivity contribution in [2.45, 2.75) is 13.5 Å². The van der Waals surface area contributed by atoms with E-state index in [0.717, 1.165) is 15.9 Å². The van der Waals surface area contributed by atoms with Crippen LogP contribution in [0.2, 0.25) is 0 Å². The van der Waals surface area contributed by atoms with Crippen LogP contribution in [0, 0.1) is 12.7 Å². The van der Waals surface area contributed by atoms with E-state index in [4.69, 9.17) is 4.74 Å². The first-order valence-electron chi connectivity index (χ1n) is 5.13. The van der Waals surface area contributed by atoms with Gasteiger partial charge in [0.2, 0.25) is 0 Å². The van der Waals surface area contributed by atoms with Gasteiger partial charge in [-0.05, 0) is 41.1 Å². The van der Waals surface area contributed by atoms with Gasteiger partial charge in [-0.25, -0.2) is 4.39 Å². The van der Waals surface area contributed by atoms with Gasteiger partial charge in [0.1, 0.15) is 18.2 Å². The molecule has 0 aliphatic heterocycles. The number of aromatic nitrogens is 2. The van der Waals surface area contributed by atoms with E-state index in [-0.39, 0.29) is 5.82 Å². The molecule has 0 unspecified atom stereocenters. The van der Waals surface area contributed by atoms with Crippen molar-refractivity contribution in [3.05, 3.63) is 45.9 Å². The van der Waals surface area contributed by atoms with Crippen molar-refractivity contribution in [2.24, 2.45) is 7.05 Å². The van der Waals surface area contributed by atoms with Crippen LogP contribution < -0.4 is 4.74 Å². The van der Waals surface area contributed by atoms with Crippen molar-refractivity contribution in [1.82, 2.24) is 9.78 Å². The summed E-state index contributed by atoms with van der Waals surface area (Å²) >= 11 is 3.31. The molecular weight excluding hydrogens is 287 g/mol. The average Bonchev–Trinajstić information content (AvgIpc) is 2.59. The standard InChI is InChI=1S/C12H12BrFN2O/c1-8-5-10(16(2)15-8)7-17-12-6-9(14)3-4-11(12)13/h3-6H,7H2,1-2H3. The van der Waals surface area contributed by atoms with Crippen LogP contribution in [0.15, 0.2) is 28.7 Å². The minimum atomic E-state index is -0.315. The van der Waals surface area contributed by atoms with Crippen LogP contribution in [0.1, 0.15) is 11.4 Å². The minimum absolute atomic E-state index is 0.315. The van der Waals surface area contributed by atoms with Crippen molar-refractivity contribution in [1.29, 1.82) is 0 Å². The maximum Gasteiger partial charge on any atom is 0.136 e. The molecule has 0 aliphatic rings. The van der Waals surface area contributed by atoms with Crippen molar-refractivity contribution >= 4 is 15.9 Å². The summed E-state index contributed by atoms with van der Waals surface area (Å²) < 4.78 is 21.1. The molecule has 17 heavy (non-hydrogen) atoms. The summed E-state index contributed by atoms with van der Waals surface area (Å²) in [6.07, 6.45) is 0. The molecule has 2 rings (SSSR count). The Hall–Kier alpha value is -1.36. The second-order valence-electron chi connectivity index (χ2n) is 3.76. The van der Waals surface area contributed by atoms with Gasteiger partial charge >= 0.3 is 0 Å². The van der Waals surface area contributed by atoms with E-state index < -0.39 is 0 Å². The first-order chi connectivity index (χ1) is 8.06. The number of halogens is 2. The molecule has 1 heterocycles. The van der Waals surface area contributed by atoms with Crippen LogP contribution in [0.5, 0.6) is 5.75 Å². The number of ether oxygens (including phenoxy) is 1. The second-order valence-corrected chi connectivity index (χ2v) is 4.62. The van der Waals surface area contributed by atoms with Gasteiger partial charge in [-0.2, -0.15) is 5.10 Å². The Kier molecular flexibility index (Phi) is 3.47. The Morgan fingerprint density at radius 3 is 2.82 bits per heavy atom. The second kappa shape index (κ2) is 4.87. The van der Waals surface area contributed by atoms with E-state index in [1.54, 1.807) is 10.7 Å². The van der Waals surface area contributed by atoms with Gasteiger partial charge < -0.3 is 4.74 Å². The summed E-state index contributed by atoms with van der Waals surface area (Å²) in [5, 5.41) is 4.21. The van der Waals surface area contributed by atoms with Gasteiger partial charge in [0.25, 0.3) is 0 Å². The molecule has 0 saturated heterocycles. The topological polar surface area (TPSA) is 27.1 Å². The van der Waals surface area contributed by atoms with Gasteiger partial charge in [-0.1, -0.05) is 0 Å². The Labute approximate surface area is 107 Å². The molecule has 0 amide bonds. The zero-order valence-corrected chi connectivity index (χ0v) is 11.2. The molecule has 0 bridgehead atoms. The highest BCUT2D eigenvalue weighted by molar-refractivity contribution is 9.10. The fourth-order valence-corrected chi connectivity index (χ4v) is 1.90. The van der Waals surface area contributed by atoms with E-state index >= 15 is 0 Å². The zero-order valence-electron chi connectivity index (χ0n) is 9.58. The number of aryl methyl sites for hydroxylation is 2. The molecule has 90 valence electrons. The van der Waals surface area contributed by atoms with Crippen molar-refractivity contribution < 1.29 is 9.13 Å². The van der Waals surface area contributed by atoms with Gasteiger partial charge in [0, 0.05) is 13.1 Å². The molecule has 1 aromatic carbocycles. The van der Waals surface area contributed by atoms with E-state index in [9.17, 15) is 4.39 Å². The highest BCUT2D eigenvalue weighted by Gasteiger charge is 2.06. The molecule has 0 fully saturated rings. The molecule has 5 heteroatoms. The predicted octanol–water partition coefficient (Wildman–Crippen LogP) is 3.21. The minimum Gasteiger partial charge on any atom is -0.486 e. The number of benzene rings is 1. The number of hydrogen-bond donors (Lipinski definition) is 0. The lowest BCUT2D eigenvalue weighted by atomic mass is 10.3. The largest absolute Gasteiger partial charge is 0.486 e. The summed E-state index contributed by atoms with van der Waals surface area (Å²) in [7, 11) is 1.85. The van der Waals surface area contributed by atoms with Crippen LogP contribution in [0.25, 0.3) is 0 Å². The molecule has 0 N–H and O–H groups in total. The third-order valence-corrected chi connectivity index (χ3v) is 3.02. The number of nitrogens with zero attached hydrogens (tertiary/aromatic N) is 2. The first kappa shape index (κ1) is 12.1. The lowest BCUT2D eigenvalue weighted by Gasteiger charge is -2.08. The normalized spacial score (nSPS) is 10.6. The Balaban J connectivity index is 2.12. The lowest BCUT2D eigenvalue weighted by Crippen LogP contribution is -2.03. The molecule has 0 atom stereocenters. The van der Waals surface area contributed by atoms with Crippen LogP contribution in [0.4, 0.5) is 4.39 Å².